The van der Waals surface area contributed by atoms with Gasteiger partial charge in [-0.25, -0.2) is 8.42 Å². The molecule has 0 atom stereocenters. The molecule has 1 aromatic carbocycles. The van der Waals surface area contributed by atoms with Crippen LogP contribution in [0.4, 0.5) is 5.69 Å². The van der Waals surface area contributed by atoms with E-state index < -0.39 is 9.84 Å². The molecule has 1 rings (SSSR count). The van der Waals surface area contributed by atoms with Crippen molar-refractivity contribution in [2.45, 2.75) is 18.2 Å². The summed E-state index contributed by atoms with van der Waals surface area (Å²) in [6.07, 6.45) is 0.450. The number of anilines is 1. The normalized spacial score (nSPS) is 10.9. The molecule has 0 aliphatic carbocycles. The lowest BCUT2D eigenvalue weighted by atomic mass is 10.3. The van der Waals surface area contributed by atoms with Crippen LogP contribution in [0.2, 0.25) is 0 Å². The Morgan fingerprint density at radius 2 is 1.88 bits per heavy atom. The van der Waals surface area contributed by atoms with Crippen molar-refractivity contribution in [3.63, 3.8) is 0 Å². The van der Waals surface area contributed by atoms with Crippen LogP contribution < -0.4 is 4.90 Å². The predicted molar refractivity (Wildman–Crippen MR) is 67.7 cm³/mol. The molecule has 0 N–H and O–H groups in total. The van der Waals surface area contributed by atoms with Crippen LogP contribution in [0.3, 0.4) is 0 Å². The monoisotopic (exact) mass is 252 g/mol. The van der Waals surface area contributed by atoms with Crippen LogP contribution in [-0.4, -0.2) is 27.8 Å². The number of benzene rings is 1. The van der Waals surface area contributed by atoms with Crippen LogP contribution in [0.25, 0.3) is 0 Å². The molecule has 92 valence electrons. The second-order valence-corrected chi connectivity index (χ2v) is 6.01. The first-order chi connectivity index (χ1) is 8.01. The summed E-state index contributed by atoms with van der Waals surface area (Å²) >= 11 is 0. The first kappa shape index (κ1) is 13.5. The van der Waals surface area contributed by atoms with Gasteiger partial charge in [0.2, 0.25) is 0 Å². The lowest BCUT2D eigenvalue weighted by Gasteiger charge is -2.17. The Hall–Kier alpha value is -1.54. The summed E-state index contributed by atoms with van der Waals surface area (Å²) in [7, 11) is -1.25. The highest BCUT2D eigenvalue weighted by molar-refractivity contribution is 7.91. The number of nitriles is 1. The van der Waals surface area contributed by atoms with Gasteiger partial charge in [-0.05, 0) is 24.3 Å². The van der Waals surface area contributed by atoms with Gasteiger partial charge < -0.3 is 4.90 Å². The fourth-order valence-corrected chi connectivity index (χ4v) is 2.31. The second-order valence-electron chi connectivity index (χ2n) is 3.73. The zero-order valence-electron chi connectivity index (χ0n) is 10.0. The van der Waals surface area contributed by atoms with Gasteiger partial charge in [-0.2, -0.15) is 5.26 Å². The Bertz CT molecular complexity index is 500. The molecule has 0 unspecified atom stereocenters. The summed E-state index contributed by atoms with van der Waals surface area (Å²) in [5.41, 5.74) is 0.912. The van der Waals surface area contributed by atoms with E-state index in [1.807, 2.05) is 11.9 Å². The van der Waals surface area contributed by atoms with E-state index in [2.05, 4.69) is 6.07 Å². The Balaban J connectivity index is 2.86. The van der Waals surface area contributed by atoms with Gasteiger partial charge in [-0.1, -0.05) is 6.92 Å². The van der Waals surface area contributed by atoms with E-state index in [1.54, 1.807) is 31.2 Å². The van der Waals surface area contributed by atoms with E-state index >= 15 is 0 Å². The third-order valence-corrected chi connectivity index (χ3v) is 4.33. The molecule has 0 amide bonds. The van der Waals surface area contributed by atoms with Crippen LogP contribution in [0, 0.1) is 11.3 Å². The lowest BCUT2D eigenvalue weighted by molar-refractivity contribution is 0.597. The minimum Gasteiger partial charge on any atom is -0.374 e. The Labute approximate surface area is 102 Å². The van der Waals surface area contributed by atoms with Gasteiger partial charge in [0.25, 0.3) is 0 Å². The fourth-order valence-electron chi connectivity index (χ4n) is 1.42. The maximum absolute atomic E-state index is 11.6. The predicted octanol–water partition coefficient (Wildman–Crippen LogP) is 1.83. The summed E-state index contributed by atoms with van der Waals surface area (Å²) in [5, 5.41) is 8.49. The summed E-state index contributed by atoms with van der Waals surface area (Å²) in [6.45, 7) is 2.26. The number of sulfone groups is 1. The average Bonchev–Trinajstić information content (AvgIpc) is 2.36. The first-order valence-electron chi connectivity index (χ1n) is 5.42. The topological polar surface area (TPSA) is 61.2 Å². The molecule has 0 saturated carbocycles. The summed E-state index contributed by atoms with van der Waals surface area (Å²) in [6, 6.07) is 8.82. The highest BCUT2D eigenvalue weighted by Crippen LogP contribution is 2.17. The Kier molecular flexibility index (Phi) is 4.53. The standard InChI is InChI=1S/C12H16N2O2S/c1-3-17(15,16)12-7-5-11(6-8-12)14(2)10-4-9-13/h5-8H,3-4,10H2,1-2H3. The van der Waals surface area contributed by atoms with Crippen molar-refractivity contribution in [1.29, 1.82) is 5.26 Å². The van der Waals surface area contributed by atoms with Crippen molar-refractivity contribution < 1.29 is 8.42 Å². The molecular weight excluding hydrogens is 236 g/mol. The molecule has 0 aliphatic rings. The van der Waals surface area contributed by atoms with E-state index in [0.717, 1.165) is 5.69 Å². The highest BCUT2D eigenvalue weighted by Gasteiger charge is 2.11. The maximum atomic E-state index is 11.6. The number of hydrogen-bond donors (Lipinski definition) is 0. The third-order valence-electron chi connectivity index (χ3n) is 2.58. The van der Waals surface area contributed by atoms with Crippen molar-refractivity contribution in [2.24, 2.45) is 0 Å². The SMILES string of the molecule is CCS(=O)(=O)c1ccc(N(C)CCC#N)cc1. The van der Waals surface area contributed by atoms with E-state index in [9.17, 15) is 8.42 Å². The summed E-state index contributed by atoms with van der Waals surface area (Å²) < 4.78 is 23.2. The number of nitrogens with zero attached hydrogens (tertiary/aromatic N) is 2. The molecule has 0 radical (unpaired) electrons. The molecule has 0 fully saturated rings. The van der Waals surface area contributed by atoms with Gasteiger partial charge in [0.05, 0.1) is 23.1 Å². The Morgan fingerprint density at radius 3 is 2.35 bits per heavy atom. The van der Waals surface area contributed by atoms with Gasteiger partial charge in [0.15, 0.2) is 9.84 Å². The van der Waals surface area contributed by atoms with Crippen molar-refractivity contribution in [3.8, 4) is 6.07 Å². The molecule has 17 heavy (non-hydrogen) atoms. The molecule has 4 nitrogen and oxygen atoms in total. The van der Waals surface area contributed by atoms with Crippen LogP contribution in [0.5, 0.6) is 0 Å². The van der Waals surface area contributed by atoms with Gasteiger partial charge in [0, 0.05) is 19.3 Å². The third kappa shape index (κ3) is 3.46. The molecule has 0 saturated heterocycles. The smallest absolute Gasteiger partial charge is 0.178 e. The molecule has 0 bridgehead atoms. The van der Waals surface area contributed by atoms with Crippen LogP contribution in [-0.2, 0) is 9.84 Å². The van der Waals surface area contributed by atoms with E-state index in [-0.39, 0.29) is 5.75 Å². The van der Waals surface area contributed by atoms with Crippen LogP contribution in [0.1, 0.15) is 13.3 Å². The molecule has 0 heterocycles. The van der Waals surface area contributed by atoms with Crippen molar-refractivity contribution in [1.82, 2.24) is 0 Å². The molecule has 0 aromatic heterocycles. The number of hydrogen-bond acceptors (Lipinski definition) is 4. The summed E-state index contributed by atoms with van der Waals surface area (Å²) in [4.78, 5) is 2.27. The van der Waals surface area contributed by atoms with Crippen LogP contribution in [0.15, 0.2) is 29.2 Å². The number of rotatable bonds is 5. The maximum Gasteiger partial charge on any atom is 0.178 e. The zero-order valence-corrected chi connectivity index (χ0v) is 10.9. The van der Waals surface area contributed by atoms with E-state index in [0.29, 0.717) is 17.9 Å². The van der Waals surface area contributed by atoms with E-state index in [4.69, 9.17) is 5.26 Å². The minimum absolute atomic E-state index is 0.108. The summed E-state index contributed by atoms with van der Waals surface area (Å²) in [5.74, 6) is 0.108. The first-order valence-corrected chi connectivity index (χ1v) is 7.07. The molecule has 0 spiro atoms. The molecule has 0 aliphatic heterocycles. The fraction of sp³-hybridized carbons (Fsp3) is 0.417. The van der Waals surface area contributed by atoms with Gasteiger partial charge in [-0.3, -0.25) is 0 Å². The van der Waals surface area contributed by atoms with Crippen molar-refractivity contribution in [2.75, 3.05) is 24.2 Å². The lowest BCUT2D eigenvalue weighted by Crippen LogP contribution is -2.18. The molecule has 5 heteroatoms. The average molecular weight is 252 g/mol. The highest BCUT2D eigenvalue weighted by atomic mass is 32.2. The van der Waals surface area contributed by atoms with Crippen molar-refractivity contribution in [3.05, 3.63) is 24.3 Å². The zero-order chi connectivity index (χ0) is 12.9. The van der Waals surface area contributed by atoms with Gasteiger partial charge in [0.1, 0.15) is 0 Å². The van der Waals surface area contributed by atoms with E-state index in [1.165, 1.54) is 0 Å². The van der Waals surface area contributed by atoms with Crippen molar-refractivity contribution >= 4 is 15.5 Å². The quantitative estimate of drug-likeness (QED) is 0.802. The minimum atomic E-state index is -3.13. The molecule has 1 aromatic rings. The molecular formula is C12H16N2O2S. The van der Waals surface area contributed by atoms with Gasteiger partial charge in [-0.15, -0.1) is 0 Å². The Morgan fingerprint density at radius 1 is 1.29 bits per heavy atom. The second kappa shape index (κ2) is 5.69. The largest absolute Gasteiger partial charge is 0.374 e. The van der Waals surface area contributed by atoms with Crippen LogP contribution >= 0.6 is 0 Å². The van der Waals surface area contributed by atoms with Gasteiger partial charge >= 0.3 is 0 Å².